The summed E-state index contributed by atoms with van der Waals surface area (Å²) in [5.74, 6) is -0.346. The molecule has 78 valence electrons. The first kappa shape index (κ1) is 11.7. The molecule has 5 heteroatoms. The standard InChI is InChI=1S/C10H9BrN2O2/c1-2-15-9(14)5-8-10(11)7(6-12)3-4-13-8/h3-4H,2,5H2,1H3. The van der Waals surface area contributed by atoms with Crippen molar-refractivity contribution in [2.45, 2.75) is 13.3 Å². The highest BCUT2D eigenvalue weighted by Crippen LogP contribution is 2.19. The Morgan fingerprint density at radius 2 is 2.47 bits per heavy atom. The summed E-state index contributed by atoms with van der Waals surface area (Å²) in [5, 5.41) is 8.76. The molecule has 0 fully saturated rings. The molecule has 0 aliphatic carbocycles. The molecule has 0 saturated heterocycles. The van der Waals surface area contributed by atoms with Crippen LogP contribution in [0.15, 0.2) is 16.7 Å². The summed E-state index contributed by atoms with van der Waals surface area (Å²) >= 11 is 3.23. The highest BCUT2D eigenvalue weighted by molar-refractivity contribution is 9.10. The molecule has 0 aliphatic rings. The van der Waals surface area contributed by atoms with Gasteiger partial charge in [-0.2, -0.15) is 5.26 Å². The van der Waals surface area contributed by atoms with E-state index in [4.69, 9.17) is 10.00 Å². The van der Waals surface area contributed by atoms with E-state index in [9.17, 15) is 4.79 Å². The second-order valence-electron chi connectivity index (χ2n) is 2.71. The van der Waals surface area contributed by atoms with Crippen molar-refractivity contribution in [2.24, 2.45) is 0 Å². The number of esters is 1. The molecule has 0 aromatic carbocycles. The number of aromatic nitrogens is 1. The lowest BCUT2D eigenvalue weighted by atomic mass is 10.2. The van der Waals surface area contributed by atoms with Crippen molar-refractivity contribution in [2.75, 3.05) is 6.61 Å². The number of nitrogens with zero attached hydrogens (tertiary/aromatic N) is 2. The van der Waals surface area contributed by atoms with Crippen molar-refractivity contribution in [1.82, 2.24) is 4.98 Å². The zero-order chi connectivity index (χ0) is 11.3. The molecule has 1 aromatic heterocycles. The van der Waals surface area contributed by atoms with Crippen LogP contribution in [-0.2, 0) is 16.0 Å². The van der Waals surface area contributed by atoms with Gasteiger partial charge in [0.05, 0.1) is 28.8 Å². The molecule has 0 radical (unpaired) electrons. The van der Waals surface area contributed by atoms with Gasteiger partial charge in [-0.1, -0.05) is 0 Å². The highest BCUT2D eigenvalue weighted by atomic mass is 79.9. The Bertz CT molecular complexity index is 412. The van der Waals surface area contributed by atoms with Crippen LogP contribution < -0.4 is 0 Å². The van der Waals surface area contributed by atoms with Crippen molar-refractivity contribution in [3.8, 4) is 6.07 Å². The van der Waals surface area contributed by atoms with Crippen molar-refractivity contribution in [1.29, 1.82) is 5.26 Å². The van der Waals surface area contributed by atoms with E-state index in [1.165, 1.54) is 6.20 Å². The van der Waals surface area contributed by atoms with Crippen molar-refractivity contribution < 1.29 is 9.53 Å². The fourth-order valence-electron chi connectivity index (χ4n) is 1.05. The average molecular weight is 269 g/mol. The second-order valence-corrected chi connectivity index (χ2v) is 3.51. The van der Waals surface area contributed by atoms with Gasteiger partial charge in [-0.05, 0) is 28.9 Å². The van der Waals surface area contributed by atoms with Gasteiger partial charge >= 0.3 is 5.97 Å². The molecule has 0 aliphatic heterocycles. The lowest BCUT2D eigenvalue weighted by Gasteiger charge is -2.04. The first-order chi connectivity index (χ1) is 7.19. The fourth-order valence-corrected chi connectivity index (χ4v) is 1.51. The fraction of sp³-hybridized carbons (Fsp3) is 0.300. The number of halogens is 1. The van der Waals surface area contributed by atoms with Crippen molar-refractivity contribution >= 4 is 21.9 Å². The largest absolute Gasteiger partial charge is 0.466 e. The summed E-state index contributed by atoms with van der Waals surface area (Å²) < 4.78 is 5.35. The van der Waals surface area contributed by atoms with E-state index in [1.54, 1.807) is 13.0 Å². The monoisotopic (exact) mass is 268 g/mol. The van der Waals surface area contributed by atoms with Crippen LogP contribution in [0.4, 0.5) is 0 Å². The lowest BCUT2D eigenvalue weighted by Crippen LogP contribution is -2.09. The van der Waals surface area contributed by atoms with Crippen LogP contribution in [0, 0.1) is 11.3 Å². The number of nitriles is 1. The van der Waals surface area contributed by atoms with Crippen molar-refractivity contribution in [3.05, 3.63) is 28.0 Å². The molecular weight excluding hydrogens is 260 g/mol. The topological polar surface area (TPSA) is 63.0 Å². The molecule has 0 atom stereocenters. The summed E-state index contributed by atoms with van der Waals surface area (Å²) in [6.07, 6.45) is 1.57. The minimum atomic E-state index is -0.346. The SMILES string of the molecule is CCOC(=O)Cc1nccc(C#N)c1Br. The second kappa shape index (κ2) is 5.47. The zero-order valence-electron chi connectivity index (χ0n) is 8.16. The summed E-state index contributed by atoms with van der Waals surface area (Å²) in [6.45, 7) is 2.08. The van der Waals surface area contributed by atoms with Gasteiger partial charge in [-0.25, -0.2) is 0 Å². The van der Waals surface area contributed by atoms with Crippen LogP contribution >= 0.6 is 15.9 Å². The molecule has 15 heavy (non-hydrogen) atoms. The first-order valence-corrected chi connectivity index (χ1v) is 5.17. The number of rotatable bonds is 3. The van der Waals surface area contributed by atoms with Gasteiger partial charge in [0.25, 0.3) is 0 Å². The van der Waals surface area contributed by atoms with E-state index >= 15 is 0 Å². The van der Waals surface area contributed by atoms with Crippen LogP contribution in [-0.4, -0.2) is 17.6 Å². The minimum absolute atomic E-state index is 0.0734. The average Bonchev–Trinajstić information content (AvgIpc) is 2.21. The Morgan fingerprint density at radius 1 is 1.73 bits per heavy atom. The zero-order valence-corrected chi connectivity index (χ0v) is 9.74. The number of carbonyl (C=O) groups excluding carboxylic acids is 1. The van der Waals surface area contributed by atoms with Gasteiger partial charge in [0.15, 0.2) is 0 Å². The summed E-state index contributed by atoms with van der Waals surface area (Å²) in [6, 6.07) is 3.58. The summed E-state index contributed by atoms with van der Waals surface area (Å²) in [4.78, 5) is 15.2. The Hall–Kier alpha value is -1.41. The van der Waals surface area contributed by atoms with Crippen molar-refractivity contribution in [3.63, 3.8) is 0 Å². The Kier molecular flexibility index (Phi) is 4.25. The summed E-state index contributed by atoms with van der Waals surface area (Å²) in [7, 11) is 0. The van der Waals surface area contributed by atoms with E-state index in [0.29, 0.717) is 22.3 Å². The normalized spacial score (nSPS) is 9.40. The van der Waals surface area contributed by atoms with Gasteiger partial charge < -0.3 is 4.74 Å². The predicted molar refractivity (Wildman–Crippen MR) is 57.0 cm³/mol. The maximum atomic E-state index is 11.2. The van der Waals surface area contributed by atoms with Gasteiger partial charge in [0, 0.05) is 6.20 Å². The molecule has 0 N–H and O–H groups in total. The van der Waals surface area contributed by atoms with E-state index in [-0.39, 0.29) is 12.4 Å². The molecule has 1 heterocycles. The minimum Gasteiger partial charge on any atom is -0.466 e. The maximum absolute atomic E-state index is 11.2. The number of pyridine rings is 1. The molecule has 1 rings (SSSR count). The first-order valence-electron chi connectivity index (χ1n) is 4.38. The molecule has 0 amide bonds. The molecule has 0 bridgehead atoms. The number of carbonyl (C=O) groups is 1. The molecular formula is C10H9BrN2O2. The van der Waals surface area contributed by atoms with E-state index in [1.807, 2.05) is 6.07 Å². The van der Waals surface area contributed by atoms with Crippen LogP contribution in [0.25, 0.3) is 0 Å². The van der Waals surface area contributed by atoms with E-state index in [2.05, 4.69) is 20.9 Å². The van der Waals surface area contributed by atoms with Crippen LogP contribution in [0.5, 0.6) is 0 Å². The lowest BCUT2D eigenvalue weighted by molar-refractivity contribution is -0.142. The summed E-state index contributed by atoms with van der Waals surface area (Å²) in [5.41, 5.74) is 0.983. The Balaban J connectivity index is 2.87. The van der Waals surface area contributed by atoms with Crippen LogP contribution in [0.2, 0.25) is 0 Å². The van der Waals surface area contributed by atoms with Gasteiger partial charge in [0.1, 0.15) is 6.07 Å². The Morgan fingerprint density at radius 3 is 3.07 bits per heavy atom. The third-order valence-electron chi connectivity index (χ3n) is 1.70. The third kappa shape index (κ3) is 3.03. The van der Waals surface area contributed by atoms with E-state index < -0.39 is 0 Å². The van der Waals surface area contributed by atoms with Crippen LogP contribution in [0.1, 0.15) is 18.2 Å². The molecule has 0 spiro atoms. The van der Waals surface area contributed by atoms with Gasteiger partial charge in [0.2, 0.25) is 0 Å². The Labute approximate surface area is 96.0 Å². The van der Waals surface area contributed by atoms with Crippen LogP contribution in [0.3, 0.4) is 0 Å². The molecule has 4 nitrogen and oxygen atoms in total. The smallest absolute Gasteiger partial charge is 0.311 e. The number of hydrogen-bond donors (Lipinski definition) is 0. The van der Waals surface area contributed by atoms with Gasteiger partial charge in [-0.3, -0.25) is 9.78 Å². The van der Waals surface area contributed by atoms with Gasteiger partial charge in [-0.15, -0.1) is 0 Å². The molecule has 0 saturated carbocycles. The predicted octanol–water partition coefficient (Wildman–Crippen LogP) is 1.82. The highest BCUT2D eigenvalue weighted by Gasteiger charge is 2.11. The third-order valence-corrected chi connectivity index (χ3v) is 2.58. The number of hydrogen-bond acceptors (Lipinski definition) is 4. The molecule has 1 aromatic rings. The quantitative estimate of drug-likeness (QED) is 0.785. The maximum Gasteiger partial charge on any atom is 0.311 e. The number of ether oxygens (including phenoxy) is 1. The molecule has 0 unspecified atom stereocenters. The van der Waals surface area contributed by atoms with E-state index in [0.717, 1.165) is 0 Å².